The van der Waals surface area contributed by atoms with Crippen LogP contribution >= 0.6 is 11.3 Å². The van der Waals surface area contributed by atoms with Gasteiger partial charge in [0.1, 0.15) is 11.6 Å². The third-order valence-electron chi connectivity index (χ3n) is 3.38. The summed E-state index contributed by atoms with van der Waals surface area (Å²) in [4.78, 5) is 4.61. The number of benzene rings is 2. The van der Waals surface area contributed by atoms with E-state index in [-0.39, 0.29) is 5.69 Å². The summed E-state index contributed by atoms with van der Waals surface area (Å²) >= 11 is 1.57. The summed E-state index contributed by atoms with van der Waals surface area (Å²) in [6, 6.07) is 12.5. The zero-order chi connectivity index (χ0) is 15.5. The van der Waals surface area contributed by atoms with Gasteiger partial charge in [0, 0.05) is 22.9 Å². The Labute approximate surface area is 132 Å². The molecular formula is C17H15FN2OS. The zero-order valence-corrected chi connectivity index (χ0v) is 12.9. The van der Waals surface area contributed by atoms with Crippen LogP contribution in [0.2, 0.25) is 0 Å². The molecule has 3 rings (SSSR count). The first-order chi connectivity index (χ1) is 10.7. The fraction of sp³-hybridized carbons (Fsp3) is 0.118. The lowest BCUT2D eigenvalue weighted by atomic mass is 10.1. The molecule has 0 spiro atoms. The standard InChI is InChI=1S/C17H15FN2OS/c1-21-16-5-3-2-4-12(16)9-17-20-15(10-22-17)11-6-7-13(18)14(19)8-11/h2-8,10H,9,19H2,1H3. The van der Waals surface area contributed by atoms with Gasteiger partial charge in [-0.1, -0.05) is 18.2 Å². The Kier molecular flexibility index (Phi) is 4.06. The Hall–Kier alpha value is -2.40. The van der Waals surface area contributed by atoms with Gasteiger partial charge in [-0.3, -0.25) is 0 Å². The number of hydrogen-bond donors (Lipinski definition) is 1. The SMILES string of the molecule is COc1ccccc1Cc1nc(-c2ccc(F)c(N)c2)cs1. The lowest BCUT2D eigenvalue weighted by Gasteiger charge is -2.06. The van der Waals surface area contributed by atoms with Crippen molar-refractivity contribution in [2.75, 3.05) is 12.8 Å². The van der Waals surface area contributed by atoms with Crippen LogP contribution in [0.3, 0.4) is 0 Å². The van der Waals surface area contributed by atoms with Crippen molar-refractivity contribution < 1.29 is 9.13 Å². The van der Waals surface area contributed by atoms with Crippen molar-refractivity contribution in [3.63, 3.8) is 0 Å². The highest BCUT2D eigenvalue weighted by atomic mass is 32.1. The minimum absolute atomic E-state index is 0.136. The van der Waals surface area contributed by atoms with E-state index in [4.69, 9.17) is 10.5 Å². The minimum atomic E-state index is -0.409. The molecule has 0 fully saturated rings. The Bertz CT molecular complexity index is 801. The van der Waals surface area contributed by atoms with Crippen LogP contribution in [0.5, 0.6) is 5.75 Å². The summed E-state index contributed by atoms with van der Waals surface area (Å²) in [7, 11) is 1.66. The van der Waals surface area contributed by atoms with Crippen molar-refractivity contribution >= 4 is 17.0 Å². The van der Waals surface area contributed by atoms with Crippen molar-refractivity contribution in [3.05, 3.63) is 64.2 Å². The molecule has 2 N–H and O–H groups in total. The highest BCUT2D eigenvalue weighted by Gasteiger charge is 2.09. The lowest BCUT2D eigenvalue weighted by Crippen LogP contribution is -1.93. The van der Waals surface area contributed by atoms with Crippen LogP contribution in [0.15, 0.2) is 47.8 Å². The monoisotopic (exact) mass is 314 g/mol. The van der Waals surface area contributed by atoms with Gasteiger partial charge in [-0.05, 0) is 24.3 Å². The normalized spacial score (nSPS) is 10.6. The maximum Gasteiger partial charge on any atom is 0.146 e. The molecule has 1 aromatic heterocycles. The van der Waals surface area contributed by atoms with E-state index in [0.29, 0.717) is 6.42 Å². The molecule has 0 amide bonds. The van der Waals surface area contributed by atoms with Gasteiger partial charge in [0.25, 0.3) is 0 Å². The largest absolute Gasteiger partial charge is 0.496 e. The quantitative estimate of drug-likeness (QED) is 0.737. The molecule has 3 aromatic rings. The molecule has 0 bridgehead atoms. The molecule has 0 aliphatic carbocycles. The van der Waals surface area contributed by atoms with Crippen LogP contribution in [0.1, 0.15) is 10.6 Å². The molecular weight excluding hydrogens is 299 g/mol. The van der Waals surface area contributed by atoms with E-state index in [1.54, 1.807) is 30.6 Å². The van der Waals surface area contributed by atoms with Crippen LogP contribution in [-0.2, 0) is 6.42 Å². The summed E-state index contributed by atoms with van der Waals surface area (Å²) in [5.41, 5.74) is 8.46. The van der Waals surface area contributed by atoms with Crippen molar-refractivity contribution in [2.45, 2.75) is 6.42 Å². The van der Waals surface area contributed by atoms with Crippen LogP contribution in [0, 0.1) is 5.82 Å². The third-order valence-corrected chi connectivity index (χ3v) is 4.23. The predicted octanol–water partition coefficient (Wildman–Crippen LogP) is 4.13. The van der Waals surface area contributed by atoms with Gasteiger partial charge >= 0.3 is 0 Å². The third kappa shape index (κ3) is 2.94. The number of nitrogens with zero attached hydrogens (tertiary/aromatic N) is 1. The fourth-order valence-electron chi connectivity index (χ4n) is 2.24. The van der Waals surface area contributed by atoms with Crippen LogP contribution < -0.4 is 10.5 Å². The van der Waals surface area contributed by atoms with E-state index in [0.717, 1.165) is 27.6 Å². The molecule has 0 saturated heterocycles. The maximum atomic E-state index is 13.2. The van der Waals surface area contributed by atoms with Gasteiger partial charge < -0.3 is 10.5 Å². The second-order valence-electron chi connectivity index (χ2n) is 4.85. The maximum absolute atomic E-state index is 13.2. The molecule has 2 aromatic carbocycles. The highest BCUT2D eigenvalue weighted by molar-refractivity contribution is 7.10. The number of rotatable bonds is 4. The van der Waals surface area contributed by atoms with Gasteiger partial charge in [-0.15, -0.1) is 11.3 Å². The van der Waals surface area contributed by atoms with Crippen LogP contribution in [-0.4, -0.2) is 12.1 Å². The topological polar surface area (TPSA) is 48.1 Å². The van der Waals surface area contributed by atoms with Gasteiger partial charge in [0.15, 0.2) is 0 Å². The van der Waals surface area contributed by atoms with Gasteiger partial charge in [0.2, 0.25) is 0 Å². The van der Waals surface area contributed by atoms with Gasteiger partial charge in [-0.25, -0.2) is 9.37 Å². The van der Waals surface area contributed by atoms with E-state index in [1.165, 1.54) is 6.07 Å². The molecule has 0 radical (unpaired) electrons. The molecule has 0 aliphatic rings. The van der Waals surface area contributed by atoms with E-state index in [9.17, 15) is 4.39 Å². The second-order valence-corrected chi connectivity index (χ2v) is 5.79. The Morgan fingerprint density at radius 3 is 2.82 bits per heavy atom. The van der Waals surface area contributed by atoms with Gasteiger partial charge in [-0.2, -0.15) is 0 Å². The first-order valence-electron chi connectivity index (χ1n) is 6.79. The summed E-state index contributed by atoms with van der Waals surface area (Å²) < 4.78 is 18.6. The average Bonchev–Trinajstić information content (AvgIpc) is 2.99. The summed E-state index contributed by atoms with van der Waals surface area (Å²) in [6.07, 6.45) is 0.700. The number of anilines is 1. The lowest BCUT2D eigenvalue weighted by molar-refractivity contribution is 0.410. The van der Waals surface area contributed by atoms with E-state index in [2.05, 4.69) is 4.98 Å². The Morgan fingerprint density at radius 1 is 1.23 bits per heavy atom. The molecule has 3 nitrogen and oxygen atoms in total. The Morgan fingerprint density at radius 2 is 2.05 bits per heavy atom. The minimum Gasteiger partial charge on any atom is -0.496 e. The number of nitrogens with two attached hydrogens (primary N) is 1. The molecule has 22 heavy (non-hydrogen) atoms. The Balaban J connectivity index is 1.86. The molecule has 0 saturated carbocycles. The van der Waals surface area contributed by atoms with Crippen molar-refractivity contribution in [1.82, 2.24) is 4.98 Å². The van der Waals surface area contributed by atoms with E-state index < -0.39 is 5.82 Å². The molecule has 0 aliphatic heterocycles. The number of aromatic nitrogens is 1. The van der Waals surface area contributed by atoms with Crippen LogP contribution in [0.25, 0.3) is 11.3 Å². The number of thiazole rings is 1. The number of ether oxygens (including phenoxy) is 1. The molecule has 1 heterocycles. The van der Waals surface area contributed by atoms with E-state index in [1.807, 2.05) is 29.6 Å². The smallest absolute Gasteiger partial charge is 0.146 e. The molecule has 0 atom stereocenters. The fourth-order valence-corrected chi connectivity index (χ4v) is 3.07. The highest BCUT2D eigenvalue weighted by Crippen LogP contribution is 2.27. The molecule has 112 valence electrons. The van der Waals surface area contributed by atoms with Crippen LogP contribution in [0.4, 0.5) is 10.1 Å². The number of methoxy groups -OCH3 is 1. The number of para-hydroxylation sites is 1. The van der Waals surface area contributed by atoms with Gasteiger partial charge in [0.05, 0.1) is 23.5 Å². The summed E-state index contributed by atoms with van der Waals surface area (Å²) in [5.74, 6) is 0.443. The predicted molar refractivity (Wildman–Crippen MR) is 87.7 cm³/mol. The molecule has 0 unspecified atom stereocenters. The zero-order valence-electron chi connectivity index (χ0n) is 12.0. The number of nitrogen functional groups attached to an aromatic ring is 1. The van der Waals surface area contributed by atoms with Crippen molar-refractivity contribution in [3.8, 4) is 17.0 Å². The van der Waals surface area contributed by atoms with Crippen molar-refractivity contribution in [2.24, 2.45) is 0 Å². The first kappa shape index (κ1) is 14.5. The first-order valence-corrected chi connectivity index (χ1v) is 7.67. The van der Waals surface area contributed by atoms with Crippen molar-refractivity contribution in [1.29, 1.82) is 0 Å². The van der Waals surface area contributed by atoms with E-state index >= 15 is 0 Å². The average molecular weight is 314 g/mol. The second kappa shape index (κ2) is 6.15. The molecule has 5 heteroatoms. The summed E-state index contributed by atoms with van der Waals surface area (Å²) in [5, 5.41) is 2.93. The summed E-state index contributed by atoms with van der Waals surface area (Å²) in [6.45, 7) is 0. The number of halogens is 1. The number of hydrogen-bond acceptors (Lipinski definition) is 4.